The molecule has 58 heavy (non-hydrogen) atoms. The molecule has 9 aromatic carbocycles. The van der Waals surface area contributed by atoms with Crippen LogP contribution in [0, 0.1) is 0 Å². The van der Waals surface area contributed by atoms with Crippen molar-refractivity contribution in [2.75, 3.05) is 0 Å². The smallest absolute Gasteiger partial charge is 0.160 e. The molecule has 0 saturated heterocycles. The number of hydrogen-bond donors (Lipinski definition) is 0. The fourth-order valence-electron chi connectivity index (χ4n) is 9.08. The van der Waals surface area contributed by atoms with Crippen molar-refractivity contribution in [3.05, 3.63) is 206 Å². The molecule has 12 aromatic rings. The van der Waals surface area contributed by atoms with E-state index in [1.54, 1.807) is 0 Å². The van der Waals surface area contributed by atoms with Crippen LogP contribution >= 0.6 is 0 Å². The zero-order chi connectivity index (χ0) is 38.2. The number of nitrogens with zero attached hydrogens (tertiary/aromatic N) is 4. The summed E-state index contributed by atoms with van der Waals surface area (Å²) in [5.41, 5.74) is 11.7. The second-order valence-electron chi connectivity index (χ2n) is 15.0. The van der Waals surface area contributed by atoms with Gasteiger partial charge in [0.2, 0.25) is 0 Å². The number of para-hydroxylation sites is 2. The van der Waals surface area contributed by atoms with Crippen LogP contribution in [0.1, 0.15) is 0 Å². The first kappa shape index (κ1) is 32.4. The van der Waals surface area contributed by atoms with Crippen molar-refractivity contribution in [2.24, 2.45) is 0 Å². The van der Waals surface area contributed by atoms with Crippen molar-refractivity contribution in [1.29, 1.82) is 0 Å². The molecule has 4 nitrogen and oxygen atoms in total. The third-order valence-electron chi connectivity index (χ3n) is 11.7. The van der Waals surface area contributed by atoms with Gasteiger partial charge in [-0.3, -0.25) is 0 Å². The zero-order valence-electron chi connectivity index (χ0n) is 31.4. The monoisotopic (exact) mass is 738 g/mol. The summed E-state index contributed by atoms with van der Waals surface area (Å²) in [6, 6.07) is 73.7. The maximum absolute atomic E-state index is 5.26. The van der Waals surface area contributed by atoms with Gasteiger partial charge in [-0.05, 0) is 82.2 Å². The number of benzene rings is 9. The van der Waals surface area contributed by atoms with E-state index in [9.17, 15) is 0 Å². The summed E-state index contributed by atoms with van der Waals surface area (Å²) in [4.78, 5) is 10.5. The Morgan fingerprint density at radius 3 is 1.48 bits per heavy atom. The summed E-state index contributed by atoms with van der Waals surface area (Å²) in [6.45, 7) is 0. The highest BCUT2D eigenvalue weighted by atomic mass is 15.0. The van der Waals surface area contributed by atoms with Gasteiger partial charge in [-0.1, -0.05) is 146 Å². The fraction of sp³-hybridized carbons (Fsp3) is 0. The van der Waals surface area contributed by atoms with Gasteiger partial charge in [0.1, 0.15) is 0 Å². The van der Waals surface area contributed by atoms with E-state index in [1.165, 1.54) is 59.6 Å². The van der Waals surface area contributed by atoms with Crippen LogP contribution in [0.5, 0.6) is 0 Å². The Balaban J connectivity index is 1.07. The third-order valence-corrected chi connectivity index (χ3v) is 11.7. The molecular formula is C54H34N4. The van der Waals surface area contributed by atoms with Gasteiger partial charge in [-0.25, -0.2) is 9.97 Å². The largest absolute Gasteiger partial charge is 0.309 e. The Morgan fingerprint density at radius 2 is 0.793 bits per heavy atom. The molecule has 0 fully saturated rings. The molecule has 270 valence electrons. The van der Waals surface area contributed by atoms with E-state index in [0.29, 0.717) is 5.82 Å². The molecule has 0 unspecified atom stereocenters. The summed E-state index contributed by atoms with van der Waals surface area (Å²) >= 11 is 0. The highest BCUT2D eigenvalue weighted by Crippen LogP contribution is 2.41. The Labute approximate surface area is 334 Å². The topological polar surface area (TPSA) is 35.6 Å². The highest BCUT2D eigenvalue weighted by Gasteiger charge is 2.19. The van der Waals surface area contributed by atoms with Crippen LogP contribution in [0.3, 0.4) is 0 Å². The Kier molecular flexibility index (Phi) is 7.20. The van der Waals surface area contributed by atoms with Crippen molar-refractivity contribution in [1.82, 2.24) is 19.1 Å². The molecule has 4 heteroatoms. The maximum Gasteiger partial charge on any atom is 0.160 e. The van der Waals surface area contributed by atoms with Gasteiger partial charge in [0.05, 0.1) is 33.5 Å². The molecule has 12 rings (SSSR count). The van der Waals surface area contributed by atoms with Crippen molar-refractivity contribution in [3.8, 4) is 45.3 Å². The number of rotatable bonds is 5. The van der Waals surface area contributed by atoms with Crippen molar-refractivity contribution >= 4 is 65.2 Å². The normalized spacial score (nSPS) is 11.8. The summed E-state index contributed by atoms with van der Waals surface area (Å²) in [6.07, 6.45) is 0. The summed E-state index contributed by atoms with van der Waals surface area (Å²) in [7, 11) is 0. The SMILES string of the molecule is c1ccc(-c2nc(-c3cccc(-n4c5ccc6ccccc6c5c5c6ccccc6ccc54)c3)cc(-c3ccc4c(c3)c3ccccc3n4-c3ccccc3)n2)cc1. The van der Waals surface area contributed by atoms with E-state index in [1.807, 2.05) is 18.2 Å². The van der Waals surface area contributed by atoms with Crippen LogP contribution in [-0.2, 0) is 0 Å². The minimum atomic E-state index is 0.695. The molecule has 0 aliphatic carbocycles. The molecule has 0 bridgehead atoms. The van der Waals surface area contributed by atoms with E-state index in [-0.39, 0.29) is 0 Å². The minimum absolute atomic E-state index is 0.695. The lowest BCUT2D eigenvalue weighted by molar-refractivity contribution is 1.16. The molecule has 0 atom stereocenters. The average Bonchev–Trinajstić information content (AvgIpc) is 3.83. The molecule has 0 aliphatic heterocycles. The van der Waals surface area contributed by atoms with E-state index in [4.69, 9.17) is 9.97 Å². The van der Waals surface area contributed by atoms with Gasteiger partial charge in [-0.15, -0.1) is 0 Å². The van der Waals surface area contributed by atoms with Crippen LogP contribution in [0.4, 0.5) is 0 Å². The lowest BCUT2D eigenvalue weighted by Gasteiger charge is -2.13. The van der Waals surface area contributed by atoms with Crippen molar-refractivity contribution < 1.29 is 0 Å². The lowest BCUT2D eigenvalue weighted by atomic mass is 10.00. The minimum Gasteiger partial charge on any atom is -0.309 e. The lowest BCUT2D eigenvalue weighted by Crippen LogP contribution is -1.98. The van der Waals surface area contributed by atoms with Gasteiger partial charge in [0, 0.05) is 49.6 Å². The molecule has 0 saturated carbocycles. The summed E-state index contributed by atoms with van der Waals surface area (Å²) in [5, 5.41) is 9.93. The zero-order valence-corrected chi connectivity index (χ0v) is 31.4. The van der Waals surface area contributed by atoms with Gasteiger partial charge in [-0.2, -0.15) is 0 Å². The Bertz CT molecular complexity index is 3470. The van der Waals surface area contributed by atoms with Gasteiger partial charge in [0.25, 0.3) is 0 Å². The third kappa shape index (κ3) is 5.02. The molecule has 0 amide bonds. The van der Waals surface area contributed by atoms with E-state index in [2.05, 4.69) is 197 Å². The predicted molar refractivity (Wildman–Crippen MR) is 242 cm³/mol. The van der Waals surface area contributed by atoms with Crippen molar-refractivity contribution in [2.45, 2.75) is 0 Å². The first-order valence-electron chi connectivity index (χ1n) is 19.7. The standard InChI is InChI=1S/C54H34N4/c1-3-16-37(17-4-1)54-55-46(34-47(56-54)39-28-29-49-45(33-39)44-24-11-12-25-48(44)57(49)40-19-5-2-6-20-40)38-18-13-21-41(32-38)58-50-30-26-35-14-7-9-22-42(35)52(50)53-43-23-10-8-15-36(43)27-31-51(53)58/h1-34H. The van der Waals surface area contributed by atoms with E-state index < -0.39 is 0 Å². The molecule has 3 aromatic heterocycles. The van der Waals surface area contributed by atoms with Crippen LogP contribution in [0.25, 0.3) is 110 Å². The highest BCUT2D eigenvalue weighted by molar-refractivity contribution is 6.28. The van der Waals surface area contributed by atoms with Crippen LogP contribution in [-0.4, -0.2) is 19.1 Å². The molecule has 0 radical (unpaired) electrons. The van der Waals surface area contributed by atoms with Gasteiger partial charge in [0.15, 0.2) is 5.82 Å². The van der Waals surface area contributed by atoms with Crippen LogP contribution in [0.15, 0.2) is 206 Å². The second-order valence-corrected chi connectivity index (χ2v) is 15.0. The van der Waals surface area contributed by atoms with Crippen LogP contribution in [0.2, 0.25) is 0 Å². The maximum atomic E-state index is 5.26. The summed E-state index contributed by atoms with van der Waals surface area (Å²) in [5.74, 6) is 0.695. The Morgan fingerprint density at radius 1 is 0.293 bits per heavy atom. The molecule has 3 heterocycles. The van der Waals surface area contributed by atoms with Gasteiger partial charge < -0.3 is 9.13 Å². The number of aromatic nitrogens is 4. The molecule has 0 spiro atoms. The number of fused-ring (bicyclic) bond motifs is 10. The predicted octanol–water partition coefficient (Wildman–Crippen LogP) is 14.0. The summed E-state index contributed by atoms with van der Waals surface area (Å²) < 4.78 is 4.77. The second kappa shape index (κ2) is 12.9. The van der Waals surface area contributed by atoms with E-state index in [0.717, 1.165) is 45.0 Å². The van der Waals surface area contributed by atoms with Gasteiger partial charge >= 0.3 is 0 Å². The number of hydrogen-bond acceptors (Lipinski definition) is 2. The van der Waals surface area contributed by atoms with E-state index >= 15 is 0 Å². The first-order chi connectivity index (χ1) is 28.8. The molecular weight excluding hydrogens is 705 g/mol. The molecule has 0 aliphatic rings. The molecule has 0 N–H and O–H groups in total. The van der Waals surface area contributed by atoms with Crippen molar-refractivity contribution in [3.63, 3.8) is 0 Å². The van der Waals surface area contributed by atoms with Crippen LogP contribution < -0.4 is 0 Å². The first-order valence-corrected chi connectivity index (χ1v) is 19.7. The average molecular weight is 739 g/mol. The quantitative estimate of drug-likeness (QED) is 0.176. The Hall–Kier alpha value is -7.82. The fourth-order valence-corrected chi connectivity index (χ4v) is 9.08.